The van der Waals surface area contributed by atoms with E-state index >= 15 is 0 Å². The summed E-state index contributed by atoms with van der Waals surface area (Å²) in [6.45, 7) is 1.82. The molecule has 2 rings (SSSR count). The first kappa shape index (κ1) is 19.1. The van der Waals surface area contributed by atoms with E-state index in [9.17, 15) is 22.9 Å². The second-order valence-corrected chi connectivity index (χ2v) is 5.94. The minimum absolute atomic E-state index is 0.00709. The Bertz CT molecular complexity index is 870. The lowest BCUT2D eigenvalue weighted by Gasteiger charge is -2.05. The number of esters is 1. The molecule has 0 spiro atoms. The van der Waals surface area contributed by atoms with Gasteiger partial charge in [-0.15, -0.1) is 0 Å². The van der Waals surface area contributed by atoms with Crippen molar-refractivity contribution in [3.8, 4) is 5.75 Å². The molecule has 0 atom stereocenters. The fourth-order valence-corrected chi connectivity index (χ4v) is 2.03. The van der Waals surface area contributed by atoms with Gasteiger partial charge in [0.15, 0.2) is 4.98 Å². The highest BCUT2D eigenvalue weighted by Crippen LogP contribution is 2.27. The number of rotatable bonds is 2. The number of phenolic OH excluding ortho intramolecular Hbond substituents is 1. The van der Waals surface area contributed by atoms with Gasteiger partial charge in [0, 0.05) is 12.1 Å². The molecular weight excluding hydrogens is 336 g/mol. The van der Waals surface area contributed by atoms with Gasteiger partial charge < -0.3 is 14.4 Å². The number of ether oxygens (including phenoxy) is 1. The van der Waals surface area contributed by atoms with E-state index in [0.717, 1.165) is 5.56 Å². The van der Waals surface area contributed by atoms with Gasteiger partial charge in [-0.3, -0.25) is 0 Å². The first-order valence-corrected chi connectivity index (χ1v) is 7.89. The smallest absolute Gasteiger partial charge is 0.426 e. The number of diazo groups is 1. The minimum Gasteiger partial charge on any atom is -0.744 e. The Hall–Kier alpha value is -2.96. The summed E-state index contributed by atoms with van der Waals surface area (Å²) >= 11 is 0. The van der Waals surface area contributed by atoms with Crippen LogP contribution in [0.25, 0.3) is 4.98 Å². The zero-order chi connectivity index (χ0) is 18.3. The molecule has 0 radical (unpaired) electrons. The lowest BCUT2D eigenvalue weighted by Crippen LogP contribution is -1.99. The highest BCUT2D eigenvalue weighted by atomic mass is 32.2. The number of phenols is 1. The SMILES string of the molecule is COC(=O)c1ccc([N+]#N)c(O)c1.Cc1ccc(S(=O)(=O)[O-])cc1. The van der Waals surface area contributed by atoms with Crippen molar-refractivity contribution in [1.29, 1.82) is 5.39 Å². The highest BCUT2D eigenvalue weighted by molar-refractivity contribution is 7.85. The summed E-state index contributed by atoms with van der Waals surface area (Å²) < 4.78 is 35.6. The number of carbonyl (C=O) groups is 1. The van der Waals surface area contributed by atoms with Gasteiger partial charge in [-0.05, 0) is 25.1 Å². The molecule has 0 amide bonds. The van der Waals surface area contributed by atoms with Crippen LogP contribution in [0.3, 0.4) is 0 Å². The predicted octanol–water partition coefficient (Wildman–Crippen LogP) is 2.56. The lowest BCUT2D eigenvalue weighted by molar-refractivity contribution is 0.0600. The fourth-order valence-electron chi connectivity index (χ4n) is 1.56. The molecule has 0 aliphatic rings. The normalized spacial score (nSPS) is 10.1. The molecule has 0 fully saturated rings. The Kier molecular flexibility index (Phi) is 6.40. The summed E-state index contributed by atoms with van der Waals surface area (Å²) in [4.78, 5) is 13.6. The molecule has 8 nitrogen and oxygen atoms in total. The summed E-state index contributed by atoms with van der Waals surface area (Å²) in [5.74, 6) is -0.829. The third-order valence-corrected chi connectivity index (χ3v) is 3.66. The van der Waals surface area contributed by atoms with Crippen molar-refractivity contribution in [1.82, 2.24) is 0 Å². The molecule has 24 heavy (non-hydrogen) atoms. The van der Waals surface area contributed by atoms with Crippen LogP contribution in [-0.4, -0.2) is 31.2 Å². The van der Waals surface area contributed by atoms with Crippen molar-refractivity contribution in [2.45, 2.75) is 11.8 Å². The molecule has 9 heteroatoms. The molecule has 2 aromatic rings. The van der Waals surface area contributed by atoms with Crippen LogP contribution in [0.1, 0.15) is 15.9 Å². The van der Waals surface area contributed by atoms with E-state index in [-0.39, 0.29) is 21.9 Å². The third-order valence-electron chi connectivity index (χ3n) is 2.81. The van der Waals surface area contributed by atoms with Gasteiger partial charge in [0.2, 0.25) is 11.1 Å². The molecular formula is C15H14N2O6S. The maximum Gasteiger partial charge on any atom is 0.426 e. The molecule has 0 bridgehead atoms. The van der Waals surface area contributed by atoms with E-state index in [4.69, 9.17) is 5.39 Å². The summed E-state index contributed by atoms with van der Waals surface area (Å²) in [6, 6.07) is 9.65. The molecule has 0 aromatic heterocycles. The average molecular weight is 350 g/mol. The highest BCUT2D eigenvalue weighted by Gasteiger charge is 2.15. The molecule has 126 valence electrons. The van der Waals surface area contributed by atoms with Crippen LogP contribution in [0.4, 0.5) is 5.69 Å². The van der Waals surface area contributed by atoms with E-state index in [1.807, 2.05) is 6.92 Å². The maximum absolute atomic E-state index is 10.9. The molecule has 2 aromatic carbocycles. The molecule has 0 aliphatic carbocycles. The topological polar surface area (TPSA) is 132 Å². The van der Waals surface area contributed by atoms with E-state index in [0.29, 0.717) is 0 Å². The summed E-state index contributed by atoms with van der Waals surface area (Å²) in [7, 11) is -3.03. The maximum atomic E-state index is 10.9. The van der Waals surface area contributed by atoms with Gasteiger partial charge in [-0.25, -0.2) is 13.2 Å². The second-order valence-electron chi connectivity index (χ2n) is 4.56. The molecule has 0 heterocycles. The summed E-state index contributed by atoms with van der Waals surface area (Å²) in [6.07, 6.45) is 0. The number of hydrogen-bond donors (Lipinski definition) is 1. The van der Waals surface area contributed by atoms with Crippen LogP contribution in [0.5, 0.6) is 5.75 Å². The number of aryl methyl sites for hydroxylation is 1. The Morgan fingerprint density at radius 3 is 2.21 bits per heavy atom. The standard InChI is InChI=1S/C8H6N2O3.C7H8O3S/c1-13-8(12)5-2-3-6(10-9)7(11)4-5;1-6-2-4-7(5-3-6)11(8,9)10/h2-4H,1H3;2-5H,1H3,(H,8,9,10). The van der Waals surface area contributed by atoms with Crippen molar-refractivity contribution in [3.05, 3.63) is 58.6 Å². The lowest BCUT2D eigenvalue weighted by atomic mass is 10.2. The van der Waals surface area contributed by atoms with Crippen LogP contribution in [0.15, 0.2) is 47.4 Å². The third kappa shape index (κ3) is 5.35. The van der Waals surface area contributed by atoms with Crippen molar-refractivity contribution >= 4 is 21.8 Å². The molecule has 0 unspecified atom stereocenters. The minimum atomic E-state index is -4.27. The van der Waals surface area contributed by atoms with Gasteiger partial charge in [0.05, 0.1) is 17.6 Å². The van der Waals surface area contributed by atoms with Crippen LogP contribution in [0.2, 0.25) is 0 Å². The number of aromatic hydroxyl groups is 1. The average Bonchev–Trinajstić information content (AvgIpc) is 2.54. The van der Waals surface area contributed by atoms with Crippen molar-refractivity contribution in [3.63, 3.8) is 0 Å². The van der Waals surface area contributed by atoms with Gasteiger partial charge >= 0.3 is 11.7 Å². The second kappa shape index (κ2) is 8.05. The zero-order valence-corrected chi connectivity index (χ0v) is 13.6. The predicted molar refractivity (Wildman–Crippen MR) is 83.3 cm³/mol. The van der Waals surface area contributed by atoms with Crippen molar-refractivity contribution in [2.75, 3.05) is 7.11 Å². The number of hydrogen-bond acceptors (Lipinski definition) is 7. The Morgan fingerprint density at radius 2 is 1.79 bits per heavy atom. The number of nitrogens with zero attached hydrogens (tertiary/aromatic N) is 2. The van der Waals surface area contributed by atoms with Gasteiger partial charge in [-0.1, -0.05) is 17.7 Å². The Labute approximate surface area is 138 Å². The fraction of sp³-hybridized carbons (Fsp3) is 0.133. The summed E-state index contributed by atoms with van der Waals surface area (Å²) in [5.41, 5.74) is 1.14. The van der Waals surface area contributed by atoms with Crippen LogP contribution in [-0.2, 0) is 14.9 Å². The van der Waals surface area contributed by atoms with Crippen molar-refractivity contribution in [2.24, 2.45) is 0 Å². The monoisotopic (exact) mass is 350 g/mol. The largest absolute Gasteiger partial charge is 0.744 e. The number of methoxy groups -OCH3 is 1. The van der Waals surface area contributed by atoms with Crippen LogP contribution in [0, 0.1) is 12.3 Å². The van der Waals surface area contributed by atoms with E-state index in [1.165, 1.54) is 37.4 Å². The Balaban J connectivity index is 0.000000243. The van der Waals surface area contributed by atoms with Gasteiger partial charge in [-0.2, -0.15) is 0 Å². The van der Waals surface area contributed by atoms with E-state index in [1.54, 1.807) is 12.1 Å². The number of benzene rings is 2. The van der Waals surface area contributed by atoms with Gasteiger partial charge in [0.1, 0.15) is 10.1 Å². The van der Waals surface area contributed by atoms with Crippen LogP contribution >= 0.6 is 0 Å². The number of carbonyl (C=O) groups excluding carboxylic acids is 1. The van der Waals surface area contributed by atoms with Crippen LogP contribution < -0.4 is 0 Å². The molecule has 0 aliphatic heterocycles. The molecule has 0 saturated heterocycles. The van der Waals surface area contributed by atoms with E-state index in [2.05, 4.69) is 9.71 Å². The molecule has 1 N–H and O–H groups in total. The first-order valence-electron chi connectivity index (χ1n) is 6.48. The zero-order valence-electron chi connectivity index (χ0n) is 12.8. The summed E-state index contributed by atoms with van der Waals surface area (Å²) in [5, 5.41) is 17.5. The first-order chi connectivity index (χ1) is 11.2. The quantitative estimate of drug-likeness (QED) is 0.500. The van der Waals surface area contributed by atoms with Gasteiger partial charge in [0.25, 0.3) is 0 Å². The van der Waals surface area contributed by atoms with E-state index < -0.39 is 16.1 Å². The van der Waals surface area contributed by atoms with Crippen molar-refractivity contribution < 1.29 is 27.6 Å². The Morgan fingerprint density at radius 1 is 1.21 bits per heavy atom. The molecule has 0 saturated carbocycles.